The second kappa shape index (κ2) is 10.2. The quantitative estimate of drug-likeness (QED) is 0.277. The topological polar surface area (TPSA) is 73.2 Å². The van der Waals surface area contributed by atoms with E-state index in [4.69, 9.17) is 9.72 Å². The highest BCUT2D eigenvalue weighted by Crippen LogP contribution is 2.26. The molecule has 180 valence electrons. The molecule has 6 nitrogen and oxygen atoms in total. The van der Waals surface area contributed by atoms with E-state index in [0.29, 0.717) is 17.7 Å². The van der Waals surface area contributed by atoms with Crippen molar-refractivity contribution in [3.63, 3.8) is 0 Å². The Hall–Kier alpha value is -4.23. The molecule has 5 rings (SSSR count). The number of ether oxygens (including phenoxy) is 1. The number of benzene rings is 3. The minimum Gasteiger partial charge on any atom is -0.465 e. The fraction of sp³-hybridized carbons (Fsp3) is 0.138. The molecule has 2 aromatic heterocycles. The van der Waals surface area contributed by atoms with Crippen molar-refractivity contribution in [1.82, 2.24) is 14.9 Å². The third-order valence-electron chi connectivity index (χ3n) is 6.12. The highest BCUT2D eigenvalue weighted by Gasteiger charge is 2.17. The number of methoxy groups -OCH3 is 1. The van der Waals surface area contributed by atoms with Gasteiger partial charge in [0.2, 0.25) is 0 Å². The molecule has 2 heterocycles. The van der Waals surface area contributed by atoms with Gasteiger partial charge in [-0.05, 0) is 36.8 Å². The van der Waals surface area contributed by atoms with E-state index in [9.17, 15) is 9.59 Å². The molecular formula is C29H25N3O3S. The highest BCUT2D eigenvalue weighted by molar-refractivity contribution is 7.13. The number of amides is 1. The fourth-order valence-corrected chi connectivity index (χ4v) is 5.04. The molecule has 3 aromatic carbocycles. The maximum atomic E-state index is 13.3. The number of carbonyl (C=O) groups is 2. The van der Waals surface area contributed by atoms with Crippen molar-refractivity contribution in [2.75, 3.05) is 7.11 Å². The van der Waals surface area contributed by atoms with Gasteiger partial charge in [0.1, 0.15) is 5.01 Å². The van der Waals surface area contributed by atoms with Crippen LogP contribution in [0.5, 0.6) is 0 Å². The average molecular weight is 496 g/mol. The van der Waals surface area contributed by atoms with E-state index in [2.05, 4.69) is 27.4 Å². The lowest BCUT2D eigenvalue weighted by atomic mass is 10.0. The van der Waals surface area contributed by atoms with E-state index in [1.54, 1.807) is 23.5 Å². The number of carbonyl (C=O) groups excluding carboxylic acids is 2. The van der Waals surface area contributed by atoms with Gasteiger partial charge < -0.3 is 14.6 Å². The molecule has 0 aliphatic heterocycles. The van der Waals surface area contributed by atoms with Crippen LogP contribution in [0.2, 0.25) is 0 Å². The van der Waals surface area contributed by atoms with Crippen LogP contribution in [0.1, 0.15) is 44.9 Å². The van der Waals surface area contributed by atoms with E-state index < -0.39 is 0 Å². The molecule has 5 aromatic rings. The summed E-state index contributed by atoms with van der Waals surface area (Å²) in [5.41, 5.74) is 4.89. The largest absolute Gasteiger partial charge is 0.465 e. The van der Waals surface area contributed by atoms with E-state index in [1.807, 2.05) is 67.7 Å². The first-order valence-corrected chi connectivity index (χ1v) is 12.5. The zero-order chi connectivity index (χ0) is 25.1. The van der Waals surface area contributed by atoms with Crippen LogP contribution in [0.4, 0.5) is 0 Å². The van der Waals surface area contributed by atoms with E-state index in [0.717, 1.165) is 32.7 Å². The van der Waals surface area contributed by atoms with Crippen LogP contribution in [0.15, 0.2) is 90.4 Å². The molecule has 0 saturated carbocycles. The lowest BCUT2D eigenvalue weighted by molar-refractivity contribution is 0.0600. The smallest absolute Gasteiger partial charge is 0.337 e. The van der Waals surface area contributed by atoms with Gasteiger partial charge in [-0.2, -0.15) is 0 Å². The van der Waals surface area contributed by atoms with Gasteiger partial charge >= 0.3 is 5.97 Å². The summed E-state index contributed by atoms with van der Waals surface area (Å²) in [7, 11) is 1.35. The zero-order valence-corrected chi connectivity index (χ0v) is 20.8. The second-order valence-corrected chi connectivity index (χ2v) is 9.36. The molecule has 1 amide bonds. The number of hydrogen-bond acceptors (Lipinski definition) is 5. The number of nitrogens with zero attached hydrogens (tertiary/aromatic N) is 2. The summed E-state index contributed by atoms with van der Waals surface area (Å²) < 4.78 is 6.83. The van der Waals surface area contributed by atoms with Crippen molar-refractivity contribution >= 4 is 34.1 Å². The van der Waals surface area contributed by atoms with E-state index >= 15 is 0 Å². The van der Waals surface area contributed by atoms with Crippen LogP contribution in [0.3, 0.4) is 0 Å². The second-order valence-electron chi connectivity index (χ2n) is 8.51. The predicted molar refractivity (Wildman–Crippen MR) is 142 cm³/mol. The van der Waals surface area contributed by atoms with Crippen LogP contribution in [-0.4, -0.2) is 28.5 Å². The molecule has 7 heteroatoms. The van der Waals surface area contributed by atoms with Gasteiger partial charge in [0.15, 0.2) is 0 Å². The molecule has 0 fully saturated rings. The van der Waals surface area contributed by atoms with Crippen molar-refractivity contribution in [2.45, 2.75) is 19.5 Å². The summed E-state index contributed by atoms with van der Waals surface area (Å²) in [5.74, 6) is -0.546. The third-order valence-corrected chi connectivity index (χ3v) is 7.06. The number of aromatic nitrogens is 2. The first kappa shape index (κ1) is 23.5. The Morgan fingerprint density at radius 3 is 2.53 bits per heavy atom. The lowest BCUT2D eigenvalue weighted by Gasteiger charge is -2.16. The third kappa shape index (κ3) is 4.78. The van der Waals surface area contributed by atoms with Crippen LogP contribution < -0.4 is 5.32 Å². The van der Waals surface area contributed by atoms with E-state index in [1.165, 1.54) is 7.11 Å². The first-order valence-electron chi connectivity index (χ1n) is 11.6. The van der Waals surface area contributed by atoms with E-state index in [-0.39, 0.29) is 17.9 Å². The average Bonchev–Trinajstić information content (AvgIpc) is 3.56. The van der Waals surface area contributed by atoms with Crippen LogP contribution in [0, 0.1) is 0 Å². The molecule has 1 N–H and O–H groups in total. The summed E-state index contributed by atoms with van der Waals surface area (Å²) in [6.07, 6.45) is 2.00. The minimum absolute atomic E-state index is 0.159. The molecule has 0 radical (unpaired) electrons. The normalized spacial score (nSPS) is 11.8. The van der Waals surface area contributed by atoms with Crippen LogP contribution in [0.25, 0.3) is 21.5 Å². The molecule has 36 heavy (non-hydrogen) atoms. The van der Waals surface area contributed by atoms with Crippen molar-refractivity contribution in [1.29, 1.82) is 0 Å². The Labute approximate surface area is 213 Å². The lowest BCUT2D eigenvalue weighted by Crippen LogP contribution is -2.27. The molecule has 1 atom stereocenters. The number of nitrogens with one attached hydrogen (secondary N) is 1. The summed E-state index contributed by atoms with van der Waals surface area (Å²) in [5, 5.41) is 7.13. The molecule has 0 saturated heterocycles. The Balaban J connectivity index is 1.37. The highest BCUT2D eigenvalue weighted by atomic mass is 32.1. The van der Waals surface area contributed by atoms with Crippen molar-refractivity contribution < 1.29 is 14.3 Å². The van der Waals surface area contributed by atoms with Gasteiger partial charge in [-0.3, -0.25) is 4.79 Å². The number of rotatable bonds is 7. The fourth-order valence-electron chi connectivity index (χ4n) is 4.23. The summed E-state index contributed by atoms with van der Waals surface area (Å²) in [6.45, 7) is 2.49. The van der Waals surface area contributed by atoms with Crippen molar-refractivity contribution in [3.8, 4) is 10.6 Å². The number of thiazole rings is 1. The van der Waals surface area contributed by atoms with Crippen LogP contribution in [-0.2, 0) is 11.3 Å². The molecule has 0 unspecified atom stereocenters. The van der Waals surface area contributed by atoms with Gasteiger partial charge in [-0.15, -0.1) is 11.3 Å². The SMILES string of the molecule is COC(=O)c1ccc([C@H](C)NC(=O)c2cccc3ccn(Cc4csc(-c5ccccc5)n4)c23)cc1. The molecule has 0 aliphatic carbocycles. The van der Waals surface area contributed by atoms with Gasteiger partial charge in [-0.1, -0.05) is 54.6 Å². The van der Waals surface area contributed by atoms with Gasteiger partial charge in [-0.25, -0.2) is 9.78 Å². The molecule has 0 spiro atoms. The van der Waals surface area contributed by atoms with Gasteiger partial charge in [0.05, 0.1) is 42.0 Å². The maximum Gasteiger partial charge on any atom is 0.337 e. The Morgan fingerprint density at radius 1 is 1.00 bits per heavy atom. The van der Waals surface area contributed by atoms with Crippen molar-refractivity contribution in [3.05, 3.63) is 113 Å². The van der Waals surface area contributed by atoms with Crippen LogP contribution >= 0.6 is 11.3 Å². The number of esters is 1. The standard InChI is InChI=1S/C29H25N3O3S/c1-19(20-11-13-23(14-12-20)29(34)35-2)30-27(33)25-10-6-9-21-15-16-32(26(21)25)17-24-18-36-28(31-24)22-7-4-3-5-8-22/h3-16,18-19H,17H2,1-2H3,(H,30,33)/t19-/m0/s1. The number of fused-ring (bicyclic) bond motifs is 1. The van der Waals surface area contributed by atoms with Gasteiger partial charge in [0.25, 0.3) is 5.91 Å². The van der Waals surface area contributed by atoms with Gasteiger partial charge in [0, 0.05) is 22.5 Å². The Kier molecular flexibility index (Phi) is 6.64. The monoisotopic (exact) mass is 495 g/mol. The molecule has 0 bridgehead atoms. The summed E-state index contributed by atoms with van der Waals surface area (Å²) >= 11 is 1.62. The Morgan fingerprint density at radius 2 is 1.78 bits per heavy atom. The predicted octanol–water partition coefficient (Wildman–Crippen LogP) is 6.09. The maximum absolute atomic E-state index is 13.3. The number of para-hydroxylation sites is 1. The van der Waals surface area contributed by atoms with Crippen molar-refractivity contribution in [2.24, 2.45) is 0 Å². The zero-order valence-electron chi connectivity index (χ0n) is 20.0. The summed E-state index contributed by atoms with van der Waals surface area (Å²) in [6, 6.07) is 24.7. The summed E-state index contributed by atoms with van der Waals surface area (Å²) in [4.78, 5) is 29.9. The number of hydrogen-bond donors (Lipinski definition) is 1. The molecular weight excluding hydrogens is 470 g/mol. The molecule has 0 aliphatic rings. The minimum atomic E-state index is -0.387. The first-order chi connectivity index (χ1) is 17.5. The Bertz CT molecular complexity index is 1520.